The summed E-state index contributed by atoms with van der Waals surface area (Å²) in [5.41, 5.74) is 1.41. The molecule has 5 heteroatoms. The molecule has 1 N–H and O–H groups in total. The lowest BCUT2D eigenvalue weighted by Crippen LogP contribution is -2.46. The normalized spacial score (nSPS) is 21.6. The fraction of sp³-hybridized carbons (Fsp3) is 0.391. The molecule has 0 aromatic heterocycles. The van der Waals surface area contributed by atoms with Crippen molar-refractivity contribution in [2.75, 3.05) is 13.7 Å². The van der Waals surface area contributed by atoms with Gasteiger partial charge in [0.1, 0.15) is 11.9 Å². The highest BCUT2D eigenvalue weighted by molar-refractivity contribution is 5.96. The predicted octanol–water partition coefficient (Wildman–Crippen LogP) is 3.87. The van der Waals surface area contributed by atoms with Crippen LogP contribution in [-0.2, 0) is 14.9 Å². The zero-order valence-electron chi connectivity index (χ0n) is 16.4. The van der Waals surface area contributed by atoms with E-state index < -0.39 is 0 Å². The van der Waals surface area contributed by atoms with Crippen LogP contribution in [0.4, 0.5) is 0 Å². The van der Waals surface area contributed by atoms with Crippen molar-refractivity contribution in [2.24, 2.45) is 0 Å². The summed E-state index contributed by atoms with van der Waals surface area (Å²) in [4.78, 5) is 24.3. The smallest absolute Gasteiger partial charge is 0.302 e. The molecule has 1 fully saturated rings. The summed E-state index contributed by atoms with van der Waals surface area (Å²) in [6.45, 7) is 1.92. The quantitative estimate of drug-likeness (QED) is 0.772. The zero-order valence-corrected chi connectivity index (χ0v) is 16.4. The molecule has 0 heterocycles. The maximum absolute atomic E-state index is 12.8. The van der Waals surface area contributed by atoms with Crippen molar-refractivity contribution >= 4 is 11.9 Å². The minimum Gasteiger partial charge on any atom is -0.496 e. The number of carbonyl (C=O) groups is 2. The third kappa shape index (κ3) is 4.53. The molecule has 28 heavy (non-hydrogen) atoms. The number of amides is 1. The molecule has 0 saturated heterocycles. The van der Waals surface area contributed by atoms with Gasteiger partial charge in [-0.3, -0.25) is 9.59 Å². The van der Waals surface area contributed by atoms with Crippen LogP contribution in [0.25, 0.3) is 0 Å². The van der Waals surface area contributed by atoms with Gasteiger partial charge in [-0.2, -0.15) is 0 Å². The second-order valence-electron chi connectivity index (χ2n) is 7.36. The number of esters is 1. The summed E-state index contributed by atoms with van der Waals surface area (Å²) in [7, 11) is 1.56. The first-order chi connectivity index (χ1) is 13.5. The zero-order chi connectivity index (χ0) is 20.0. The van der Waals surface area contributed by atoms with Crippen LogP contribution in [0.3, 0.4) is 0 Å². The highest BCUT2D eigenvalue weighted by atomic mass is 16.5. The molecule has 1 aliphatic rings. The summed E-state index contributed by atoms with van der Waals surface area (Å²) in [5.74, 6) is 0.129. The van der Waals surface area contributed by atoms with Gasteiger partial charge in [-0.1, -0.05) is 42.5 Å². The van der Waals surface area contributed by atoms with E-state index in [1.165, 1.54) is 6.92 Å². The van der Waals surface area contributed by atoms with Crippen molar-refractivity contribution in [2.45, 2.75) is 44.1 Å². The summed E-state index contributed by atoms with van der Waals surface area (Å²) >= 11 is 0. The minimum atomic E-state index is -0.267. The molecular weight excluding hydrogens is 354 g/mol. The number of carbonyl (C=O) groups excluding carboxylic acids is 2. The van der Waals surface area contributed by atoms with Gasteiger partial charge >= 0.3 is 5.97 Å². The number of hydrogen-bond donors (Lipinski definition) is 1. The predicted molar refractivity (Wildman–Crippen MR) is 107 cm³/mol. The second kappa shape index (κ2) is 8.91. The molecule has 148 valence electrons. The lowest BCUT2D eigenvalue weighted by atomic mass is 9.68. The van der Waals surface area contributed by atoms with Crippen molar-refractivity contribution in [3.8, 4) is 5.75 Å². The first-order valence-corrected chi connectivity index (χ1v) is 9.68. The van der Waals surface area contributed by atoms with E-state index in [4.69, 9.17) is 9.47 Å². The Morgan fingerprint density at radius 2 is 1.82 bits per heavy atom. The van der Waals surface area contributed by atoms with E-state index in [1.54, 1.807) is 19.2 Å². The molecule has 3 rings (SSSR count). The number of benzene rings is 2. The fourth-order valence-electron chi connectivity index (χ4n) is 4.14. The van der Waals surface area contributed by atoms with Crippen LogP contribution in [0.5, 0.6) is 5.75 Å². The largest absolute Gasteiger partial charge is 0.496 e. The first kappa shape index (κ1) is 19.9. The Bertz CT molecular complexity index is 820. The Kier molecular flexibility index (Phi) is 6.34. The molecule has 2 aromatic carbocycles. The molecule has 0 radical (unpaired) electrons. The first-order valence-electron chi connectivity index (χ1n) is 9.68. The maximum Gasteiger partial charge on any atom is 0.302 e. The van der Waals surface area contributed by atoms with Crippen LogP contribution in [0.2, 0.25) is 0 Å². The van der Waals surface area contributed by atoms with Crippen molar-refractivity contribution < 1.29 is 19.1 Å². The minimum absolute atomic E-state index is 0.130. The van der Waals surface area contributed by atoms with E-state index in [1.807, 2.05) is 30.3 Å². The fourth-order valence-corrected chi connectivity index (χ4v) is 4.14. The van der Waals surface area contributed by atoms with Crippen LogP contribution in [0, 0.1) is 0 Å². The van der Waals surface area contributed by atoms with Crippen LogP contribution in [0.1, 0.15) is 48.5 Å². The Labute approximate surface area is 166 Å². The molecular formula is C23H27NO4. The molecule has 0 spiro atoms. The van der Waals surface area contributed by atoms with Crippen LogP contribution >= 0.6 is 0 Å². The van der Waals surface area contributed by atoms with Gasteiger partial charge in [-0.15, -0.1) is 0 Å². The molecule has 1 aliphatic carbocycles. The second-order valence-corrected chi connectivity index (χ2v) is 7.36. The van der Waals surface area contributed by atoms with Crippen LogP contribution in [0.15, 0.2) is 54.6 Å². The number of rotatable bonds is 6. The van der Waals surface area contributed by atoms with Gasteiger partial charge < -0.3 is 14.8 Å². The highest BCUT2D eigenvalue weighted by Gasteiger charge is 2.39. The number of hydrogen-bond acceptors (Lipinski definition) is 4. The van der Waals surface area contributed by atoms with Gasteiger partial charge in [0.2, 0.25) is 0 Å². The molecule has 5 nitrogen and oxygen atoms in total. The summed E-state index contributed by atoms with van der Waals surface area (Å²) in [6, 6.07) is 17.4. The maximum atomic E-state index is 12.8. The number of para-hydroxylation sites is 1. The van der Waals surface area contributed by atoms with E-state index in [9.17, 15) is 9.59 Å². The van der Waals surface area contributed by atoms with Crippen molar-refractivity contribution in [1.82, 2.24) is 5.32 Å². The number of methoxy groups -OCH3 is 1. The van der Waals surface area contributed by atoms with Gasteiger partial charge in [0.05, 0.1) is 12.7 Å². The van der Waals surface area contributed by atoms with Crippen LogP contribution in [-0.4, -0.2) is 31.6 Å². The Morgan fingerprint density at radius 1 is 1.11 bits per heavy atom. The average Bonchev–Trinajstić information content (AvgIpc) is 2.72. The molecule has 2 atom stereocenters. The summed E-state index contributed by atoms with van der Waals surface area (Å²) in [6.07, 6.45) is 3.30. The van der Waals surface area contributed by atoms with E-state index in [0.29, 0.717) is 24.3 Å². The third-order valence-corrected chi connectivity index (χ3v) is 5.46. The Balaban J connectivity index is 1.82. The van der Waals surface area contributed by atoms with Gasteiger partial charge in [-0.05, 0) is 43.4 Å². The van der Waals surface area contributed by atoms with Crippen molar-refractivity contribution in [3.05, 3.63) is 65.7 Å². The summed E-state index contributed by atoms with van der Waals surface area (Å²) in [5, 5.41) is 3.10. The molecule has 0 bridgehead atoms. The lowest BCUT2D eigenvalue weighted by molar-refractivity contribution is -0.148. The molecule has 2 aromatic rings. The Morgan fingerprint density at radius 3 is 2.54 bits per heavy atom. The standard InChI is InChI=1S/C23H27NO4/c1-17(25)28-19-11-8-14-23(15-19,18-9-4-3-5-10-18)16-24-22(26)20-12-6-7-13-21(20)27-2/h3-7,9-10,12-13,19H,8,11,14-16H2,1-2H3,(H,24,26). The topological polar surface area (TPSA) is 64.6 Å². The van der Waals surface area contributed by atoms with Crippen molar-refractivity contribution in [3.63, 3.8) is 0 Å². The van der Waals surface area contributed by atoms with E-state index in [-0.39, 0.29) is 23.4 Å². The van der Waals surface area contributed by atoms with Gasteiger partial charge in [0.25, 0.3) is 5.91 Å². The van der Waals surface area contributed by atoms with Gasteiger partial charge in [-0.25, -0.2) is 0 Å². The molecule has 1 saturated carbocycles. The monoisotopic (exact) mass is 381 g/mol. The van der Waals surface area contributed by atoms with E-state index in [0.717, 1.165) is 24.8 Å². The Hall–Kier alpha value is -2.82. The number of nitrogens with one attached hydrogen (secondary N) is 1. The van der Waals surface area contributed by atoms with Crippen molar-refractivity contribution in [1.29, 1.82) is 0 Å². The highest BCUT2D eigenvalue weighted by Crippen LogP contribution is 2.40. The van der Waals surface area contributed by atoms with E-state index >= 15 is 0 Å². The SMILES string of the molecule is COc1ccccc1C(=O)NCC1(c2ccccc2)CCCC(OC(C)=O)C1. The third-order valence-electron chi connectivity index (χ3n) is 5.46. The average molecular weight is 381 g/mol. The molecule has 0 aliphatic heterocycles. The number of ether oxygens (including phenoxy) is 2. The summed E-state index contributed by atoms with van der Waals surface area (Å²) < 4.78 is 10.8. The molecule has 1 amide bonds. The lowest BCUT2D eigenvalue weighted by Gasteiger charge is -2.41. The van der Waals surface area contributed by atoms with E-state index in [2.05, 4.69) is 17.4 Å². The van der Waals surface area contributed by atoms with Gasteiger partial charge in [0, 0.05) is 18.9 Å². The van der Waals surface area contributed by atoms with Crippen LogP contribution < -0.4 is 10.1 Å². The molecule has 2 unspecified atom stereocenters. The van der Waals surface area contributed by atoms with Gasteiger partial charge in [0.15, 0.2) is 0 Å².